The molecule has 2 nitrogen and oxygen atoms in total. The van der Waals surface area contributed by atoms with Gasteiger partial charge in [-0.15, -0.1) is 0 Å². The first-order chi connectivity index (χ1) is 7.83. The Morgan fingerprint density at radius 2 is 2.00 bits per heavy atom. The van der Waals surface area contributed by atoms with Crippen LogP contribution in [-0.2, 0) is 6.42 Å². The Bertz CT molecular complexity index is 532. The molecule has 0 radical (unpaired) electrons. The van der Waals surface area contributed by atoms with Gasteiger partial charge in [0.1, 0.15) is 0 Å². The van der Waals surface area contributed by atoms with Crippen molar-refractivity contribution in [2.45, 2.75) is 13.3 Å². The van der Waals surface area contributed by atoms with Crippen molar-refractivity contribution in [1.82, 2.24) is 4.98 Å². The van der Waals surface area contributed by atoms with Gasteiger partial charge in [0.05, 0.1) is 0 Å². The predicted octanol–water partition coefficient (Wildman–Crippen LogP) is 3.03. The van der Waals surface area contributed by atoms with Crippen molar-refractivity contribution in [3.05, 3.63) is 47.8 Å². The molecule has 1 aromatic heterocycles. The molecule has 1 aromatic carbocycles. The van der Waals surface area contributed by atoms with Crippen molar-refractivity contribution in [2.24, 2.45) is 0 Å². The normalized spacial score (nSPS) is 13.3. The minimum Gasteiger partial charge on any atom is -0.384 e. The maximum absolute atomic E-state index is 4.23. The second-order valence-corrected chi connectivity index (χ2v) is 4.23. The molecule has 16 heavy (non-hydrogen) atoms. The Labute approximate surface area is 95.3 Å². The first kappa shape index (κ1) is 9.40. The summed E-state index contributed by atoms with van der Waals surface area (Å²) in [7, 11) is 0. The average Bonchev–Trinajstić information content (AvgIpc) is 2.75. The quantitative estimate of drug-likeness (QED) is 0.782. The Hall–Kier alpha value is -1.83. The van der Waals surface area contributed by atoms with Crippen LogP contribution in [0.1, 0.15) is 11.3 Å². The fourth-order valence-corrected chi connectivity index (χ4v) is 2.21. The van der Waals surface area contributed by atoms with E-state index < -0.39 is 0 Å². The Balaban J connectivity index is 2.07. The zero-order chi connectivity index (χ0) is 11.0. The van der Waals surface area contributed by atoms with Crippen LogP contribution in [0.3, 0.4) is 0 Å². The van der Waals surface area contributed by atoms with E-state index in [2.05, 4.69) is 40.6 Å². The van der Waals surface area contributed by atoms with Crippen LogP contribution in [0.4, 0.5) is 5.69 Å². The molecule has 2 heterocycles. The molecule has 2 heteroatoms. The van der Waals surface area contributed by atoms with Crippen LogP contribution in [0.5, 0.6) is 0 Å². The van der Waals surface area contributed by atoms with Gasteiger partial charge in [0.25, 0.3) is 0 Å². The molecule has 0 unspecified atom stereocenters. The molecule has 0 saturated carbocycles. The van der Waals surface area contributed by atoms with Crippen LogP contribution in [0, 0.1) is 6.92 Å². The van der Waals surface area contributed by atoms with Gasteiger partial charge < -0.3 is 5.32 Å². The highest BCUT2D eigenvalue weighted by Gasteiger charge is 2.10. The molecule has 0 atom stereocenters. The minimum absolute atomic E-state index is 1.06. The number of rotatable bonds is 1. The number of nitrogens with zero attached hydrogens (tertiary/aromatic N) is 1. The van der Waals surface area contributed by atoms with Crippen molar-refractivity contribution in [1.29, 1.82) is 0 Å². The van der Waals surface area contributed by atoms with E-state index in [-0.39, 0.29) is 0 Å². The number of hydrogen-bond donors (Lipinski definition) is 1. The molecule has 1 aliphatic rings. The lowest BCUT2D eigenvalue weighted by molar-refractivity contribution is 1.11. The average molecular weight is 210 g/mol. The van der Waals surface area contributed by atoms with E-state index >= 15 is 0 Å². The standard InChI is InChI=1S/C14H14N2/c1-10-8-12(4-6-15-10)11-2-3-14-13(9-11)5-7-16-14/h2-4,6,8-9,16H,5,7H2,1H3. The number of aromatic nitrogens is 1. The van der Waals surface area contributed by atoms with E-state index in [9.17, 15) is 0 Å². The molecule has 1 N–H and O–H groups in total. The van der Waals surface area contributed by atoms with Gasteiger partial charge >= 0.3 is 0 Å². The van der Waals surface area contributed by atoms with Crippen molar-refractivity contribution in [2.75, 3.05) is 11.9 Å². The summed E-state index contributed by atoms with van der Waals surface area (Å²) in [5.41, 5.74) is 6.31. The van der Waals surface area contributed by atoms with Gasteiger partial charge in [0.2, 0.25) is 0 Å². The fraction of sp³-hybridized carbons (Fsp3) is 0.214. The fourth-order valence-electron chi connectivity index (χ4n) is 2.21. The molecule has 0 amide bonds. The van der Waals surface area contributed by atoms with Gasteiger partial charge in [-0.3, -0.25) is 4.98 Å². The molecule has 80 valence electrons. The molecule has 3 rings (SSSR count). The highest BCUT2D eigenvalue weighted by molar-refractivity contribution is 5.69. The smallest absolute Gasteiger partial charge is 0.0378 e. The summed E-state index contributed by atoms with van der Waals surface area (Å²) in [6.45, 7) is 3.09. The van der Waals surface area contributed by atoms with Gasteiger partial charge in [-0.25, -0.2) is 0 Å². The van der Waals surface area contributed by atoms with Crippen LogP contribution >= 0.6 is 0 Å². The third-order valence-electron chi connectivity index (χ3n) is 3.05. The zero-order valence-corrected chi connectivity index (χ0v) is 9.33. The largest absolute Gasteiger partial charge is 0.384 e. The highest BCUT2D eigenvalue weighted by Crippen LogP contribution is 2.28. The van der Waals surface area contributed by atoms with Crippen LogP contribution < -0.4 is 5.32 Å². The molecular weight excluding hydrogens is 196 g/mol. The molecule has 0 saturated heterocycles. The lowest BCUT2D eigenvalue weighted by atomic mass is 10.0. The van der Waals surface area contributed by atoms with Crippen LogP contribution in [0.25, 0.3) is 11.1 Å². The van der Waals surface area contributed by atoms with E-state index in [1.54, 1.807) is 0 Å². The number of fused-ring (bicyclic) bond motifs is 1. The summed E-state index contributed by atoms with van der Waals surface area (Å²) in [4.78, 5) is 4.23. The van der Waals surface area contributed by atoms with E-state index in [1.807, 2.05) is 13.1 Å². The summed E-state index contributed by atoms with van der Waals surface area (Å²) < 4.78 is 0. The summed E-state index contributed by atoms with van der Waals surface area (Å²) in [6.07, 6.45) is 3.00. The number of anilines is 1. The van der Waals surface area contributed by atoms with Gasteiger partial charge in [0, 0.05) is 24.1 Å². The monoisotopic (exact) mass is 210 g/mol. The summed E-state index contributed by atoms with van der Waals surface area (Å²) in [5, 5.41) is 3.38. The Morgan fingerprint density at radius 3 is 2.88 bits per heavy atom. The lowest BCUT2D eigenvalue weighted by Crippen LogP contribution is -1.90. The predicted molar refractivity (Wildman–Crippen MR) is 66.6 cm³/mol. The van der Waals surface area contributed by atoms with Crippen molar-refractivity contribution in [3.63, 3.8) is 0 Å². The third kappa shape index (κ3) is 1.56. The van der Waals surface area contributed by atoms with Gasteiger partial charge in [-0.1, -0.05) is 6.07 Å². The van der Waals surface area contributed by atoms with Crippen LogP contribution in [0.2, 0.25) is 0 Å². The van der Waals surface area contributed by atoms with E-state index in [0.29, 0.717) is 0 Å². The van der Waals surface area contributed by atoms with E-state index in [4.69, 9.17) is 0 Å². The minimum atomic E-state index is 1.06. The molecule has 0 bridgehead atoms. The summed E-state index contributed by atoms with van der Waals surface area (Å²) >= 11 is 0. The summed E-state index contributed by atoms with van der Waals surface area (Å²) in [6, 6.07) is 10.8. The highest BCUT2D eigenvalue weighted by atomic mass is 14.9. The summed E-state index contributed by atoms with van der Waals surface area (Å²) in [5.74, 6) is 0. The van der Waals surface area contributed by atoms with Crippen molar-refractivity contribution < 1.29 is 0 Å². The maximum atomic E-state index is 4.23. The van der Waals surface area contributed by atoms with Crippen LogP contribution in [0.15, 0.2) is 36.5 Å². The van der Waals surface area contributed by atoms with Gasteiger partial charge in [0.15, 0.2) is 0 Å². The Morgan fingerprint density at radius 1 is 1.12 bits per heavy atom. The number of hydrogen-bond acceptors (Lipinski definition) is 2. The number of aryl methyl sites for hydroxylation is 1. The van der Waals surface area contributed by atoms with E-state index in [0.717, 1.165) is 18.7 Å². The van der Waals surface area contributed by atoms with Crippen molar-refractivity contribution in [3.8, 4) is 11.1 Å². The first-order valence-corrected chi connectivity index (χ1v) is 5.63. The molecule has 1 aliphatic heterocycles. The molecule has 0 fully saturated rings. The second kappa shape index (κ2) is 3.63. The van der Waals surface area contributed by atoms with Gasteiger partial charge in [-0.05, 0) is 54.3 Å². The molecule has 0 spiro atoms. The first-order valence-electron chi connectivity index (χ1n) is 5.63. The van der Waals surface area contributed by atoms with Crippen LogP contribution in [-0.4, -0.2) is 11.5 Å². The lowest BCUT2D eigenvalue weighted by Gasteiger charge is -2.05. The molecular formula is C14H14N2. The zero-order valence-electron chi connectivity index (χ0n) is 9.33. The molecule has 0 aliphatic carbocycles. The Kier molecular flexibility index (Phi) is 2.13. The number of nitrogens with one attached hydrogen (secondary N) is 1. The second-order valence-electron chi connectivity index (χ2n) is 4.23. The topological polar surface area (TPSA) is 24.9 Å². The van der Waals surface area contributed by atoms with Gasteiger partial charge in [-0.2, -0.15) is 0 Å². The maximum Gasteiger partial charge on any atom is 0.0378 e. The third-order valence-corrected chi connectivity index (χ3v) is 3.05. The molecule has 2 aromatic rings. The SMILES string of the molecule is Cc1cc(-c2ccc3c(c2)CCN3)ccn1. The van der Waals surface area contributed by atoms with E-state index in [1.165, 1.54) is 22.4 Å². The number of benzene rings is 1. The number of pyridine rings is 1. The van der Waals surface area contributed by atoms with Crippen molar-refractivity contribution >= 4 is 5.69 Å².